The van der Waals surface area contributed by atoms with E-state index in [-0.39, 0.29) is 6.42 Å². The normalized spacial score (nSPS) is 23.9. The summed E-state index contributed by atoms with van der Waals surface area (Å²) >= 11 is 0. The molecule has 0 radical (unpaired) electrons. The summed E-state index contributed by atoms with van der Waals surface area (Å²) in [5.41, 5.74) is 0. The van der Waals surface area contributed by atoms with Gasteiger partial charge in [0.05, 0.1) is 0 Å². The Hall–Kier alpha value is -1.07. The maximum atomic E-state index is 12.0. The van der Waals surface area contributed by atoms with Gasteiger partial charge in [-0.2, -0.15) is 13.2 Å². The number of nitrogens with one attached hydrogen (secondary N) is 1. The first-order valence-electron chi connectivity index (χ1n) is 4.31. The fraction of sp³-hybridized carbons (Fsp3) is 0.750. The molecule has 0 aliphatic carbocycles. The molecule has 14 heavy (non-hydrogen) atoms. The molecule has 1 heterocycles. The first kappa shape index (κ1) is 11.0. The number of carbonyl (C=O) groups is 2. The van der Waals surface area contributed by atoms with E-state index in [4.69, 9.17) is 0 Å². The van der Waals surface area contributed by atoms with Crippen molar-refractivity contribution in [2.75, 3.05) is 6.54 Å². The summed E-state index contributed by atoms with van der Waals surface area (Å²) in [7, 11) is 0. The molecule has 80 valence electrons. The predicted octanol–water partition coefficient (Wildman–Crippen LogP) is 1.03. The van der Waals surface area contributed by atoms with Crippen LogP contribution in [0.3, 0.4) is 0 Å². The highest BCUT2D eigenvalue weighted by molar-refractivity contribution is 6.03. The molecule has 1 aliphatic heterocycles. The molecular formula is C8H10F3NO2. The Kier molecular flexibility index (Phi) is 3.13. The second kappa shape index (κ2) is 3.98. The fourth-order valence-electron chi connectivity index (χ4n) is 1.39. The van der Waals surface area contributed by atoms with Gasteiger partial charge in [0.25, 0.3) is 0 Å². The lowest BCUT2D eigenvalue weighted by Gasteiger charge is -2.13. The highest BCUT2D eigenvalue weighted by Crippen LogP contribution is 2.25. The van der Waals surface area contributed by atoms with Crippen LogP contribution >= 0.6 is 0 Å². The zero-order chi connectivity index (χ0) is 10.8. The lowest BCUT2D eigenvalue weighted by Crippen LogP contribution is -2.40. The first-order chi connectivity index (χ1) is 6.43. The summed E-state index contributed by atoms with van der Waals surface area (Å²) in [6.45, 7) is 0.348. The monoisotopic (exact) mass is 209 g/mol. The Morgan fingerprint density at radius 1 is 1.36 bits per heavy atom. The minimum atomic E-state index is -4.91. The lowest BCUT2D eigenvalue weighted by molar-refractivity contribution is -0.177. The van der Waals surface area contributed by atoms with Gasteiger partial charge >= 0.3 is 6.18 Å². The summed E-state index contributed by atoms with van der Waals surface area (Å²) in [6.07, 6.45) is -3.84. The van der Waals surface area contributed by atoms with Gasteiger partial charge in [0.2, 0.25) is 11.7 Å². The smallest absolute Gasteiger partial charge is 0.355 e. The minimum Gasteiger partial charge on any atom is -0.355 e. The Bertz CT molecular complexity index is 249. The van der Waals surface area contributed by atoms with Crippen molar-refractivity contribution >= 4 is 11.7 Å². The van der Waals surface area contributed by atoms with E-state index in [1.807, 2.05) is 0 Å². The van der Waals surface area contributed by atoms with Crippen molar-refractivity contribution in [3.05, 3.63) is 0 Å². The number of rotatable bonds is 1. The van der Waals surface area contributed by atoms with E-state index >= 15 is 0 Å². The van der Waals surface area contributed by atoms with Crippen LogP contribution in [0.1, 0.15) is 19.3 Å². The van der Waals surface area contributed by atoms with Gasteiger partial charge in [0.1, 0.15) is 5.92 Å². The molecule has 1 fully saturated rings. The Balaban J connectivity index is 2.74. The average molecular weight is 209 g/mol. The van der Waals surface area contributed by atoms with Gasteiger partial charge in [-0.05, 0) is 12.8 Å². The average Bonchev–Trinajstić information content (AvgIpc) is 2.27. The van der Waals surface area contributed by atoms with Gasteiger partial charge in [-0.1, -0.05) is 6.42 Å². The van der Waals surface area contributed by atoms with Gasteiger partial charge in [0.15, 0.2) is 0 Å². The van der Waals surface area contributed by atoms with Gasteiger partial charge < -0.3 is 5.32 Å². The van der Waals surface area contributed by atoms with Crippen molar-refractivity contribution in [2.24, 2.45) is 5.92 Å². The van der Waals surface area contributed by atoms with Crippen LogP contribution in [0.4, 0.5) is 13.2 Å². The van der Waals surface area contributed by atoms with E-state index in [9.17, 15) is 22.8 Å². The summed E-state index contributed by atoms with van der Waals surface area (Å²) in [5.74, 6) is -4.28. The molecule has 1 rings (SSSR count). The molecule has 1 N–H and O–H groups in total. The zero-order valence-corrected chi connectivity index (χ0v) is 7.36. The third kappa shape index (κ3) is 2.46. The van der Waals surface area contributed by atoms with Crippen molar-refractivity contribution < 1.29 is 22.8 Å². The second-order valence-electron chi connectivity index (χ2n) is 3.20. The van der Waals surface area contributed by atoms with Gasteiger partial charge in [-0.3, -0.25) is 9.59 Å². The van der Waals surface area contributed by atoms with Gasteiger partial charge in [0, 0.05) is 6.54 Å². The van der Waals surface area contributed by atoms with E-state index in [0.717, 1.165) is 0 Å². The SMILES string of the molecule is O=C1NCCCC[C@@H]1C(=O)C(F)(F)F. The van der Waals surface area contributed by atoms with Crippen LogP contribution in [0.15, 0.2) is 0 Å². The van der Waals surface area contributed by atoms with Crippen LogP contribution in [0.25, 0.3) is 0 Å². The fourth-order valence-corrected chi connectivity index (χ4v) is 1.39. The number of amides is 1. The van der Waals surface area contributed by atoms with Crippen LogP contribution in [0, 0.1) is 5.92 Å². The molecule has 0 aromatic heterocycles. The number of alkyl halides is 3. The number of hydrogen-bond acceptors (Lipinski definition) is 2. The van der Waals surface area contributed by atoms with Crippen LogP contribution < -0.4 is 5.32 Å². The standard InChI is InChI=1S/C8H10F3NO2/c9-8(10,11)6(13)5-3-1-2-4-12-7(5)14/h5H,1-4H2,(H,12,14)/t5-/m1/s1. The maximum Gasteiger partial charge on any atom is 0.450 e. The van der Waals surface area contributed by atoms with Crippen LogP contribution in [0.2, 0.25) is 0 Å². The highest BCUT2D eigenvalue weighted by Gasteiger charge is 2.46. The Morgan fingerprint density at radius 2 is 2.00 bits per heavy atom. The van der Waals surface area contributed by atoms with Gasteiger partial charge in [-0.25, -0.2) is 0 Å². The van der Waals surface area contributed by atoms with E-state index in [0.29, 0.717) is 19.4 Å². The summed E-state index contributed by atoms with van der Waals surface area (Å²) < 4.78 is 36.0. The quantitative estimate of drug-likeness (QED) is 0.656. The molecule has 0 aromatic carbocycles. The topological polar surface area (TPSA) is 46.2 Å². The number of halogens is 3. The van der Waals surface area contributed by atoms with E-state index in [1.54, 1.807) is 0 Å². The molecule has 0 saturated carbocycles. The summed E-state index contributed by atoms with van der Waals surface area (Å²) in [5, 5.41) is 2.29. The van der Waals surface area contributed by atoms with Crippen LogP contribution in [-0.4, -0.2) is 24.4 Å². The number of hydrogen-bond donors (Lipinski definition) is 1. The predicted molar refractivity (Wildman–Crippen MR) is 41.4 cm³/mol. The van der Waals surface area contributed by atoms with E-state index in [2.05, 4.69) is 5.32 Å². The van der Waals surface area contributed by atoms with Crippen molar-refractivity contribution in [2.45, 2.75) is 25.4 Å². The van der Waals surface area contributed by atoms with Crippen LogP contribution in [0.5, 0.6) is 0 Å². The lowest BCUT2D eigenvalue weighted by atomic mass is 9.97. The number of ketones is 1. The van der Waals surface area contributed by atoms with Crippen LogP contribution in [-0.2, 0) is 9.59 Å². The van der Waals surface area contributed by atoms with E-state index < -0.39 is 23.8 Å². The summed E-state index contributed by atoms with van der Waals surface area (Å²) in [4.78, 5) is 21.9. The third-order valence-electron chi connectivity index (χ3n) is 2.13. The van der Waals surface area contributed by atoms with Gasteiger partial charge in [-0.15, -0.1) is 0 Å². The highest BCUT2D eigenvalue weighted by atomic mass is 19.4. The van der Waals surface area contributed by atoms with Crippen molar-refractivity contribution in [3.8, 4) is 0 Å². The molecule has 0 bridgehead atoms. The summed E-state index contributed by atoms with van der Waals surface area (Å²) in [6, 6.07) is 0. The minimum absolute atomic E-state index is 0.00975. The van der Waals surface area contributed by atoms with Crippen molar-refractivity contribution in [1.29, 1.82) is 0 Å². The molecule has 1 amide bonds. The molecule has 0 spiro atoms. The molecule has 1 saturated heterocycles. The van der Waals surface area contributed by atoms with E-state index in [1.165, 1.54) is 0 Å². The third-order valence-corrected chi connectivity index (χ3v) is 2.13. The Labute approximate surface area is 78.7 Å². The number of carbonyl (C=O) groups excluding carboxylic acids is 2. The maximum absolute atomic E-state index is 12.0. The largest absolute Gasteiger partial charge is 0.450 e. The van der Waals surface area contributed by atoms with Crippen molar-refractivity contribution in [3.63, 3.8) is 0 Å². The van der Waals surface area contributed by atoms with Crippen molar-refractivity contribution in [1.82, 2.24) is 5.32 Å². The molecule has 6 heteroatoms. The molecule has 1 aliphatic rings. The second-order valence-corrected chi connectivity index (χ2v) is 3.20. The molecule has 0 aromatic rings. The molecular weight excluding hydrogens is 199 g/mol. The molecule has 3 nitrogen and oxygen atoms in total. The zero-order valence-electron chi connectivity index (χ0n) is 7.36. The molecule has 1 atom stereocenters. The molecule has 0 unspecified atom stereocenters. The first-order valence-corrected chi connectivity index (χ1v) is 4.31. The Morgan fingerprint density at radius 3 is 2.57 bits per heavy atom. The number of Topliss-reactive ketones (excluding diaryl/α,β-unsaturated/α-hetero) is 1.